The minimum Gasteiger partial charge on any atom is -0.508 e. The molecule has 0 bridgehead atoms. The fourth-order valence-corrected chi connectivity index (χ4v) is 1.76. The molecule has 0 spiro atoms. The van der Waals surface area contributed by atoms with Gasteiger partial charge in [-0.3, -0.25) is 0 Å². The lowest BCUT2D eigenvalue weighted by Gasteiger charge is -2.16. The average molecular weight is 193 g/mol. The largest absolute Gasteiger partial charge is 0.508 e. The van der Waals surface area contributed by atoms with Gasteiger partial charge < -0.3 is 10.2 Å². The summed E-state index contributed by atoms with van der Waals surface area (Å²) < 4.78 is 0. The van der Waals surface area contributed by atoms with E-state index < -0.39 is 0 Å². The van der Waals surface area contributed by atoms with Crippen LogP contribution in [0.3, 0.4) is 0 Å². The third-order valence-corrected chi connectivity index (χ3v) is 2.51. The second kappa shape index (κ2) is 4.89. The van der Waals surface area contributed by atoms with Crippen molar-refractivity contribution in [2.24, 2.45) is 0 Å². The maximum absolute atomic E-state index is 9.64. The molecule has 1 aromatic carbocycles. The zero-order valence-electron chi connectivity index (χ0n) is 8.53. The van der Waals surface area contributed by atoms with Crippen LogP contribution < -0.4 is 0 Å². The number of benzene rings is 1. The van der Waals surface area contributed by atoms with Crippen LogP contribution in [-0.2, 0) is 0 Å². The fourth-order valence-electron chi connectivity index (χ4n) is 1.76. The minimum atomic E-state index is 0.185. The number of aromatic hydroxyl groups is 2. The predicted molar refractivity (Wildman–Crippen MR) is 57.4 cm³/mol. The molecule has 0 saturated heterocycles. The Balaban J connectivity index is 3.02. The van der Waals surface area contributed by atoms with Gasteiger partial charge in [0.05, 0.1) is 0 Å². The van der Waals surface area contributed by atoms with Crippen LogP contribution in [0.25, 0.3) is 0 Å². The van der Waals surface area contributed by atoms with Gasteiger partial charge in [0.2, 0.25) is 0 Å². The first-order valence-corrected chi connectivity index (χ1v) is 5.00. The van der Waals surface area contributed by atoms with Crippen molar-refractivity contribution in [3.63, 3.8) is 0 Å². The lowest BCUT2D eigenvalue weighted by Crippen LogP contribution is -1.97. The van der Waals surface area contributed by atoms with Gasteiger partial charge in [0.1, 0.15) is 11.5 Å². The Bertz CT molecular complexity index is 274. The molecule has 1 rings (SSSR count). The third kappa shape index (κ3) is 2.19. The molecule has 0 saturated carbocycles. The Morgan fingerprint density at radius 2 is 1.86 bits per heavy atom. The Hall–Kier alpha value is -1.18. The number of phenols is 2. The molecule has 2 N–H and O–H groups in total. The Kier molecular flexibility index (Phi) is 3.81. The second-order valence-corrected chi connectivity index (χ2v) is 3.46. The summed E-state index contributed by atoms with van der Waals surface area (Å²) in [4.78, 5) is 0. The number of hydrogen-bond acceptors (Lipinski definition) is 2. The van der Waals surface area contributed by atoms with Gasteiger partial charge in [-0.15, -0.1) is 0 Å². The van der Waals surface area contributed by atoms with Crippen LogP contribution in [0.2, 0.25) is 0 Å². The van der Waals surface area contributed by atoms with Gasteiger partial charge in [0.25, 0.3) is 0 Å². The molecule has 2 heteroatoms. The monoisotopic (exact) mass is 193 g/mol. The van der Waals surface area contributed by atoms with E-state index in [9.17, 15) is 10.2 Å². The highest BCUT2D eigenvalue weighted by molar-refractivity contribution is 5.45. The van der Waals surface area contributed by atoms with Crippen LogP contribution in [0.15, 0.2) is 18.2 Å². The van der Waals surface area contributed by atoms with Gasteiger partial charge in [-0.1, -0.05) is 26.3 Å². The molecule has 0 heterocycles. The predicted octanol–water partition coefficient (Wildman–Crippen LogP) is 3.21. The summed E-state index contributed by atoms with van der Waals surface area (Å²) in [5.41, 5.74) is 0.665. The summed E-state index contributed by atoms with van der Waals surface area (Å²) in [5, 5.41) is 19.3. The lowest BCUT2D eigenvalue weighted by atomic mass is 9.91. The zero-order chi connectivity index (χ0) is 10.6. The molecular weight excluding hydrogens is 176 g/mol. The molecule has 0 amide bonds. The molecular formula is C12H17O2. The summed E-state index contributed by atoms with van der Waals surface area (Å²) in [5.74, 6) is 0.573. The van der Waals surface area contributed by atoms with Crippen LogP contribution in [0.4, 0.5) is 0 Å². The van der Waals surface area contributed by atoms with E-state index >= 15 is 0 Å². The van der Waals surface area contributed by atoms with E-state index in [4.69, 9.17) is 0 Å². The molecule has 0 aliphatic carbocycles. The van der Waals surface area contributed by atoms with E-state index in [2.05, 4.69) is 6.92 Å². The lowest BCUT2D eigenvalue weighted by molar-refractivity contribution is 0.421. The van der Waals surface area contributed by atoms with Gasteiger partial charge in [-0.25, -0.2) is 0 Å². The maximum Gasteiger partial charge on any atom is 0.122 e. The Morgan fingerprint density at radius 1 is 1.29 bits per heavy atom. The van der Waals surface area contributed by atoms with Crippen molar-refractivity contribution < 1.29 is 10.2 Å². The van der Waals surface area contributed by atoms with Crippen molar-refractivity contribution in [2.75, 3.05) is 0 Å². The summed E-state index contributed by atoms with van der Waals surface area (Å²) in [6, 6.07) is 4.87. The van der Waals surface area contributed by atoms with Crippen molar-refractivity contribution in [1.82, 2.24) is 0 Å². The van der Waals surface area contributed by atoms with Gasteiger partial charge in [-0.2, -0.15) is 0 Å². The van der Waals surface area contributed by atoms with Gasteiger partial charge in [0.15, 0.2) is 0 Å². The van der Waals surface area contributed by atoms with E-state index in [-0.39, 0.29) is 17.4 Å². The zero-order valence-corrected chi connectivity index (χ0v) is 8.53. The van der Waals surface area contributed by atoms with E-state index in [1.807, 2.05) is 6.92 Å². The SMILES string of the molecule is [CH2]CCC(CC)c1c(O)cccc1O. The van der Waals surface area contributed by atoms with Crippen LogP contribution in [0, 0.1) is 6.92 Å². The highest BCUT2D eigenvalue weighted by Crippen LogP contribution is 2.37. The number of phenolic OH excluding ortho intramolecular Hbond substituents is 2. The molecule has 1 atom stereocenters. The average Bonchev–Trinajstić information content (AvgIpc) is 2.16. The van der Waals surface area contributed by atoms with Crippen LogP contribution >= 0.6 is 0 Å². The Labute approximate surface area is 85.2 Å². The van der Waals surface area contributed by atoms with Gasteiger partial charge in [-0.05, 0) is 30.9 Å². The van der Waals surface area contributed by atoms with Gasteiger partial charge >= 0.3 is 0 Å². The van der Waals surface area contributed by atoms with E-state index in [1.54, 1.807) is 18.2 Å². The second-order valence-electron chi connectivity index (χ2n) is 3.46. The van der Waals surface area contributed by atoms with E-state index in [0.29, 0.717) is 5.56 Å². The summed E-state index contributed by atoms with van der Waals surface area (Å²) in [6.07, 6.45) is 2.61. The highest BCUT2D eigenvalue weighted by atomic mass is 16.3. The van der Waals surface area contributed by atoms with E-state index in [1.165, 1.54) is 0 Å². The number of rotatable bonds is 4. The van der Waals surface area contributed by atoms with E-state index in [0.717, 1.165) is 19.3 Å². The van der Waals surface area contributed by atoms with Crippen LogP contribution in [0.5, 0.6) is 11.5 Å². The molecule has 0 aliphatic rings. The molecule has 2 nitrogen and oxygen atoms in total. The Morgan fingerprint density at radius 3 is 2.29 bits per heavy atom. The smallest absolute Gasteiger partial charge is 0.122 e. The summed E-state index contributed by atoms with van der Waals surface area (Å²) in [6.45, 7) is 5.84. The molecule has 0 fully saturated rings. The normalized spacial score (nSPS) is 12.7. The summed E-state index contributed by atoms with van der Waals surface area (Å²) >= 11 is 0. The van der Waals surface area contributed by atoms with Crippen LogP contribution in [0.1, 0.15) is 37.7 Å². The third-order valence-electron chi connectivity index (χ3n) is 2.51. The van der Waals surface area contributed by atoms with Crippen molar-refractivity contribution in [3.05, 3.63) is 30.7 Å². The van der Waals surface area contributed by atoms with Crippen molar-refractivity contribution in [1.29, 1.82) is 0 Å². The topological polar surface area (TPSA) is 40.5 Å². The maximum atomic E-state index is 9.64. The van der Waals surface area contributed by atoms with Crippen molar-refractivity contribution in [2.45, 2.75) is 32.1 Å². The first kappa shape index (κ1) is 10.9. The van der Waals surface area contributed by atoms with Crippen LogP contribution in [-0.4, -0.2) is 10.2 Å². The van der Waals surface area contributed by atoms with Gasteiger partial charge in [0, 0.05) is 5.56 Å². The van der Waals surface area contributed by atoms with Crippen molar-refractivity contribution >= 4 is 0 Å². The quantitative estimate of drug-likeness (QED) is 0.770. The highest BCUT2D eigenvalue weighted by Gasteiger charge is 2.16. The number of hydrogen-bond donors (Lipinski definition) is 2. The van der Waals surface area contributed by atoms with Crippen molar-refractivity contribution in [3.8, 4) is 11.5 Å². The molecule has 77 valence electrons. The summed E-state index contributed by atoms with van der Waals surface area (Å²) in [7, 11) is 0. The minimum absolute atomic E-state index is 0.185. The molecule has 0 aromatic heterocycles. The molecule has 0 aliphatic heterocycles. The first-order chi connectivity index (χ1) is 6.70. The molecule has 14 heavy (non-hydrogen) atoms. The first-order valence-electron chi connectivity index (χ1n) is 5.00. The molecule has 1 aromatic rings. The molecule has 1 radical (unpaired) electrons. The fraction of sp³-hybridized carbons (Fsp3) is 0.417. The molecule has 1 unspecified atom stereocenters. The standard InChI is InChI=1S/C12H17O2/c1-3-6-9(4-2)12-10(13)7-5-8-11(12)14/h5,7-9,13-14H,1,3-4,6H2,2H3.